The van der Waals surface area contributed by atoms with E-state index < -0.39 is 0 Å². The zero-order valence-corrected chi connectivity index (χ0v) is 12.8. The fourth-order valence-electron chi connectivity index (χ4n) is 1.57. The summed E-state index contributed by atoms with van der Waals surface area (Å²) in [6, 6.07) is 3.70. The van der Waals surface area contributed by atoms with Crippen molar-refractivity contribution in [3.05, 3.63) is 21.9 Å². The molecular weight excluding hydrogens is 276 g/mol. The van der Waals surface area contributed by atoms with Crippen molar-refractivity contribution in [3.8, 4) is 0 Å². The van der Waals surface area contributed by atoms with Crippen LogP contribution < -0.4 is 10.6 Å². The number of ketones is 1. The Morgan fingerprint density at radius 3 is 2.40 bits per heavy atom. The van der Waals surface area contributed by atoms with Gasteiger partial charge in [-0.1, -0.05) is 0 Å². The number of Topliss-reactive ketones (excluding diaryl/α,β-unsaturated/α-hetero) is 1. The van der Waals surface area contributed by atoms with Crippen molar-refractivity contribution in [2.24, 2.45) is 0 Å². The van der Waals surface area contributed by atoms with Crippen molar-refractivity contribution in [1.29, 1.82) is 0 Å². The number of carbonyl (C=O) groups excluding carboxylic acids is 3. The molecule has 2 N–H and O–H groups in total. The van der Waals surface area contributed by atoms with Crippen molar-refractivity contribution in [3.63, 3.8) is 0 Å². The molecule has 20 heavy (non-hydrogen) atoms. The molecule has 0 saturated heterocycles. The highest BCUT2D eigenvalue weighted by Gasteiger charge is 2.12. The predicted molar refractivity (Wildman–Crippen MR) is 78.9 cm³/mol. The normalized spacial score (nSPS) is 10.4. The Kier molecular flexibility index (Phi) is 6.38. The zero-order valence-electron chi connectivity index (χ0n) is 12.0. The lowest BCUT2D eigenvalue weighted by Gasteiger charge is -2.09. The summed E-state index contributed by atoms with van der Waals surface area (Å²) in [5.74, 6) is -0.552. The Balaban J connectivity index is 2.26. The van der Waals surface area contributed by atoms with Crippen molar-refractivity contribution >= 4 is 28.9 Å². The minimum Gasteiger partial charge on any atom is -0.352 e. The molecule has 0 aliphatic carbocycles. The zero-order chi connectivity index (χ0) is 15.1. The Bertz CT molecular complexity index is 494. The van der Waals surface area contributed by atoms with Gasteiger partial charge in [-0.25, -0.2) is 0 Å². The summed E-state index contributed by atoms with van der Waals surface area (Å²) in [6.45, 7) is 5.58. The van der Waals surface area contributed by atoms with Crippen LogP contribution in [-0.2, 0) is 9.59 Å². The van der Waals surface area contributed by atoms with Crippen LogP contribution in [0.15, 0.2) is 12.1 Å². The number of hydrogen-bond acceptors (Lipinski definition) is 4. The molecule has 0 aliphatic rings. The fraction of sp³-hybridized carbons (Fsp3) is 0.500. The summed E-state index contributed by atoms with van der Waals surface area (Å²) in [4.78, 5) is 36.4. The van der Waals surface area contributed by atoms with Crippen molar-refractivity contribution < 1.29 is 14.4 Å². The number of rotatable bonds is 7. The van der Waals surface area contributed by atoms with Gasteiger partial charge in [-0.3, -0.25) is 14.4 Å². The summed E-state index contributed by atoms with van der Waals surface area (Å²) in [7, 11) is 0. The highest BCUT2D eigenvalue weighted by molar-refractivity contribution is 7.14. The standard InChI is InChI=1S/C14H20N2O3S/c1-9(2)16-14(19)8-15-13(18)7-5-11(17)12-6-4-10(3)20-12/h4,6,9H,5,7-8H2,1-3H3,(H,15,18)(H,16,19). The van der Waals surface area contributed by atoms with Gasteiger partial charge in [0.2, 0.25) is 11.8 Å². The van der Waals surface area contributed by atoms with Gasteiger partial charge >= 0.3 is 0 Å². The summed E-state index contributed by atoms with van der Waals surface area (Å²) in [5, 5.41) is 5.17. The van der Waals surface area contributed by atoms with Crippen LogP contribution in [0.3, 0.4) is 0 Å². The van der Waals surface area contributed by atoms with Gasteiger partial charge < -0.3 is 10.6 Å². The maximum Gasteiger partial charge on any atom is 0.239 e. The molecule has 5 nitrogen and oxygen atoms in total. The smallest absolute Gasteiger partial charge is 0.239 e. The Morgan fingerprint density at radius 1 is 1.15 bits per heavy atom. The molecule has 0 fully saturated rings. The van der Waals surface area contributed by atoms with Gasteiger partial charge in [0.25, 0.3) is 0 Å². The number of amides is 2. The molecule has 1 aromatic rings. The molecule has 1 rings (SSSR count). The molecule has 0 saturated carbocycles. The molecule has 0 atom stereocenters. The van der Waals surface area contributed by atoms with Crippen LogP contribution in [0.1, 0.15) is 41.2 Å². The SMILES string of the molecule is Cc1ccc(C(=O)CCC(=O)NCC(=O)NC(C)C)s1. The summed E-state index contributed by atoms with van der Waals surface area (Å²) < 4.78 is 0. The highest BCUT2D eigenvalue weighted by Crippen LogP contribution is 2.17. The van der Waals surface area contributed by atoms with E-state index in [1.54, 1.807) is 6.07 Å². The molecule has 1 heterocycles. The highest BCUT2D eigenvalue weighted by atomic mass is 32.1. The third kappa shape index (κ3) is 5.97. The van der Waals surface area contributed by atoms with Crippen LogP contribution in [0, 0.1) is 6.92 Å². The van der Waals surface area contributed by atoms with E-state index in [1.807, 2.05) is 26.8 Å². The van der Waals surface area contributed by atoms with E-state index in [0.717, 1.165) is 4.88 Å². The van der Waals surface area contributed by atoms with Crippen LogP contribution in [0.5, 0.6) is 0 Å². The third-order valence-corrected chi connectivity index (χ3v) is 3.53. The minimum atomic E-state index is -0.287. The van der Waals surface area contributed by atoms with Crippen molar-refractivity contribution in [1.82, 2.24) is 10.6 Å². The van der Waals surface area contributed by atoms with E-state index >= 15 is 0 Å². The van der Waals surface area contributed by atoms with Gasteiger partial charge in [0, 0.05) is 23.8 Å². The first kappa shape index (κ1) is 16.4. The Morgan fingerprint density at radius 2 is 1.85 bits per heavy atom. The summed E-state index contributed by atoms with van der Waals surface area (Å²) in [5.41, 5.74) is 0. The van der Waals surface area contributed by atoms with Gasteiger partial charge in [0.05, 0.1) is 11.4 Å². The van der Waals surface area contributed by atoms with Crippen molar-refractivity contribution in [2.45, 2.75) is 39.7 Å². The van der Waals surface area contributed by atoms with E-state index in [4.69, 9.17) is 0 Å². The van der Waals surface area contributed by atoms with E-state index in [1.165, 1.54) is 11.3 Å². The average molecular weight is 296 g/mol. The van der Waals surface area contributed by atoms with E-state index in [9.17, 15) is 14.4 Å². The van der Waals surface area contributed by atoms with E-state index in [0.29, 0.717) is 4.88 Å². The molecule has 0 unspecified atom stereocenters. The van der Waals surface area contributed by atoms with Gasteiger partial charge in [0.15, 0.2) is 5.78 Å². The average Bonchev–Trinajstić information content (AvgIpc) is 2.79. The predicted octanol–water partition coefficient (Wildman–Crippen LogP) is 1.66. The van der Waals surface area contributed by atoms with Gasteiger partial charge in [-0.05, 0) is 32.9 Å². The van der Waals surface area contributed by atoms with E-state index in [2.05, 4.69) is 10.6 Å². The lowest BCUT2D eigenvalue weighted by Crippen LogP contribution is -2.39. The van der Waals surface area contributed by atoms with Crippen LogP contribution in [0.4, 0.5) is 0 Å². The summed E-state index contributed by atoms with van der Waals surface area (Å²) in [6.07, 6.45) is 0.266. The lowest BCUT2D eigenvalue weighted by atomic mass is 10.2. The van der Waals surface area contributed by atoms with Crippen LogP contribution in [0.25, 0.3) is 0 Å². The second-order valence-corrected chi connectivity index (χ2v) is 6.12. The lowest BCUT2D eigenvalue weighted by molar-refractivity contribution is -0.126. The molecule has 0 aliphatic heterocycles. The van der Waals surface area contributed by atoms with Crippen LogP contribution in [-0.4, -0.2) is 30.2 Å². The maximum absolute atomic E-state index is 11.8. The quantitative estimate of drug-likeness (QED) is 0.751. The van der Waals surface area contributed by atoms with Crippen molar-refractivity contribution in [2.75, 3.05) is 6.54 Å². The first-order chi connectivity index (χ1) is 9.38. The van der Waals surface area contributed by atoms with Crippen LogP contribution in [0.2, 0.25) is 0 Å². The second kappa shape index (κ2) is 7.79. The molecule has 110 valence electrons. The second-order valence-electron chi connectivity index (χ2n) is 4.83. The fourth-order valence-corrected chi connectivity index (χ4v) is 2.41. The Hall–Kier alpha value is -1.69. The Labute approximate surface area is 122 Å². The van der Waals surface area contributed by atoms with Gasteiger partial charge in [0.1, 0.15) is 0 Å². The van der Waals surface area contributed by atoms with Gasteiger partial charge in [-0.2, -0.15) is 0 Å². The summed E-state index contributed by atoms with van der Waals surface area (Å²) >= 11 is 1.43. The number of aryl methyl sites for hydroxylation is 1. The molecule has 0 aromatic carbocycles. The first-order valence-corrected chi connectivity index (χ1v) is 7.36. The molecule has 6 heteroatoms. The number of hydrogen-bond donors (Lipinski definition) is 2. The first-order valence-electron chi connectivity index (χ1n) is 6.54. The monoisotopic (exact) mass is 296 g/mol. The minimum absolute atomic E-state index is 0.0371. The third-order valence-electron chi connectivity index (χ3n) is 2.49. The van der Waals surface area contributed by atoms with E-state index in [-0.39, 0.29) is 43.0 Å². The molecule has 2 amide bonds. The molecular formula is C14H20N2O3S. The molecule has 1 aromatic heterocycles. The van der Waals surface area contributed by atoms with Gasteiger partial charge in [-0.15, -0.1) is 11.3 Å². The topological polar surface area (TPSA) is 75.3 Å². The van der Waals surface area contributed by atoms with Crippen LogP contribution >= 0.6 is 11.3 Å². The maximum atomic E-state index is 11.8. The number of carbonyl (C=O) groups is 3. The number of thiophene rings is 1. The largest absolute Gasteiger partial charge is 0.352 e. The molecule has 0 bridgehead atoms. The molecule has 0 spiro atoms. The molecule has 0 radical (unpaired) electrons. The number of nitrogens with one attached hydrogen (secondary N) is 2.